The Kier molecular flexibility index (Phi) is 5.79. The molecule has 2 aromatic rings. The number of sulfonamides is 1. The Hall–Kier alpha value is -1.70. The van der Waals surface area contributed by atoms with Gasteiger partial charge in [0.15, 0.2) is 0 Å². The average Bonchev–Trinajstić information content (AvgIpc) is 2.65. The molecule has 1 unspecified atom stereocenters. The molecule has 1 atom stereocenters. The minimum Gasteiger partial charge on any atom is -0.459 e. The molecule has 0 N–H and O–H groups in total. The van der Waals surface area contributed by atoms with Crippen molar-refractivity contribution in [3.8, 4) is 6.01 Å². The van der Waals surface area contributed by atoms with E-state index in [0.29, 0.717) is 17.1 Å². The van der Waals surface area contributed by atoms with Crippen LogP contribution in [0, 0.1) is 6.92 Å². The van der Waals surface area contributed by atoms with Crippen LogP contribution in [0.1, 0.15) is 30.9 Å². The van der Waals surface area contributed by atoms with Gasteiger partial charge in [-0.3, -0.25) is 0 Å². The molecular formula is C18H22ClN3O3S. The molecule has 0 bridgehead atoms. The van der Waals surface area contributed by atoms with Crippen LogP contribution >= 0.6 is 11.6 Å². The predicted molar refractivity (Wildman–Crippen MR) is 100 cm³/mol. The van der Waals surface area contributed by atoms with E-state index in [1.54, 1.807) is 37.5 Å². The number of aromatic nitrogens is 2. The molecule has 1 saturated heterocycles. The molecule has 0 saturated carbocycles. The summed E-state index contributed by atoms with van der Waals surface area (Å²) in [6.45, 7) is 4.48. The van der Waals surface area contributed by atoms with Crippen molar-refractivity contribution in [3.05, 3.63) is 46.7 Å². The largest absolute Gasteiger partial charge is 0.459 e. The Labute approximate surface area is 159 Å². The average molecular weight is 396 g/mol. The number of nitrogens with zero attached hydrogens (tertiary/aromatic N) is 3. The van der Waals surface area contributed by atoms with E-state index in [4.69, 9.17) is 16.3 Å². The van der Waals surface area contributed by atoms with E-state index in [9.17, 15) is 8.42 Å². The zero-order chi connectivity index (χ0) is 18.7. The van der Waals surface area contributed by atoms with Crippen LogP contribution < -0.4 is 4.74 Å². The fourth-order valence-corrected chi connectivity index (χ4v) is 4.95. The van der Waals surface area contributed by atoms with Gasteiger partial charge in [0.25, 0.3) is 0 Å². The quantitative estimate of drug-likeness (QED) is 0.777. The van der Waals surface area contributed by atoms with E-state index in [-0.39, 0.29) is 23.6 Å². The number of aryl methyl sites for hydroxylation is 1. The Morgan fingerprint density at radius 1 is 1.31 bits per heavy atom. The summed E-state index contributed by atoms with van der Waals surface area (Å²) < 4.78 is 33.3. The van der Waals surface area contributed by atoms with Crippen LogP contribution in [0.3, 0.4) is 0 Å². The summed E-state index contributed by atoms with van der Waals surface area (Å²) in [5.74, 6) is 0. The van der Waals surface area contributed by atoms with Gasteiger partial charge in [-0.1, -0.05) is 24.6 Å². The van der Waals surface area contributed by atoms with Gasteiger partial charge in [0.1, 0.15) is 6.10 Å². The summed E-state index contributed by atoms with van der Waals surface area (Å²) >= 11 is 6.10. The van der Waals surface area contributed by atoms with Crippen molar-refractivity contribution in [2.24, 2.45) is 0 Å². The lowest BCUT2D eigenvalue weighted by Crippen LogP contribution is -2.44. The van der Waals surface area contributed by atoms with E-state index >= 15 is 0 Å². The second kappa shape index (κ2) is 7.90. The molecule has 1 aromatic heterocycles. The Morgan fingerprint density at radius 2 is 2.04 bits per heavy atom. The van der Waals surface area contributed by atoms with E-state index in [2.05, 4.69) is 9.97 Å². The van der Waals surface area contributed by atoms with Crippen LogP contribution in [0.2, 0.25) is 5.02 Å². The van der Waals surface area contributed by atoms with Crippen LogP contribution in [-0.4, -0.2) is 41.9 Å². The molecule has 1 aliphatic rings. The van der Waals surface area contributed by atoms with Gasteiger partial charge in [-0.2, -0.15) is 4.31 Å². The van der Waals surface area contributed by atoms with E-state index in [0.717, 1.165) is 24.8 Å². The number of benzene rings is 1. The van der Waals surface area contributed by atoms with E-state index in [1.807, 2.05) is 6.92 Å². The highest BCUT2D eigenvalue weighted by Gasteiger charge is 2.32. The van der Waals surface area contributed by atoms with E-state index < -0.39 is 10.0 Å². The molecule has 1 aromatic carbocycles. The highest BCUT2D eigenvalue weighted by molar-refractivity contribution is 7.89. The third kappa shape index (κ3) is 4.00. The number of piperidine rings is 1. The van der Waals surface area contributed by atoms with Crippen molar-refractivity contribution in [2.45, 2.75) is 44.1 Å². The second-order valence-corrected chi connectivity index (χ2v) is 8.65. The molecule has 0 aliphatic carbocycles. The number of hydrogen-bond donors (Lipinski definition) is 0. The van der Waals surface area contributed by atoms with Crippen molar-refractivity contribution in [1.29, 1.82) is 0 Å². The molecule has 140 valence electrons. The monoisotopic (exact) mass is 395 g/mol. The molecule has 3 rings (SSSR count). The number of hydrogen-bond acceptors (Lipinski definition) is 5. The summed E-state index contributed by atoms with van der Waals surface area (Å²) in [6.07, 6.45) is 5.53. The fraction of sp³-hybridized carbons (Fsp3) is 0.444. The zero-order valence-corrected chi connectivity index (χ0v) is 16.4. The smallest absolute Gasteiger partial charge is 0.316 e. The lowest BCUT2D eigenvalue weighted by atomic mass is 10.1. The lowest BCUT2D eigenvalue weighted by molar-refractivity contribution is 0.119. The number of rotatable bonds is 5. The summed E-state index contributed by atoms with van der Waals surface area (Å²) in [6, 6.07) is 5.22. The summed E-state index contributed by atoms with van der Waals surface area (Å²) in [5.41, 5.74) is 1.59. The molecule has 0 amide bonds. The van der Waals surface area contributed by atoms with Gasteiger partial charge in [0.05, 0.1) is 11.4 Å². The van der Waals surface area contributed by atoms with Gasteiger partial charge < -0.3 is 4.74 Å². The summed E-state index contributed by atoms with van der Waals surface area (Å²) in [7, 11) is -3.62. The first-order valence-electron chi connectivity index (χ1n) is 8.64. The van der Waals surface area contributed by atoms with Crippen molar-refractivity contribution < 1.29 is 13.2 Å². The van der Waals surface area contributed by atoms with Crippen molar-refractivity contribution in [2.75, 3.05) is 13.1 Å². The minimum absolute atomic E-state index is 0.245. The molecule has 6 nitrogen and oxygen atoms in total. The van der Waals surface area contributed by atoms with Crippen molar-refractivity contribution >= 4 is 21.6 Å². The summed E-state index contributed by atoms with van der Waals surface area (Å²) in [5, 5.41) is 0.445. The minimum atomic E-state index is -3.62. The van der Waals surface area contributed by atoms with Crippen LogP contribution in [0.15, 0.2) is 35.5 Å². The maximum absolute atomic E-state index is 13.0. The van der Waals surface area contributed by atoms with Crippen LogP contribution in [0.5, 0.6) is 6.01 Å². The Bertz CT molecular complexity index is 872. The molecular weight excluding hydrogens is 374 g/mol. The fourth-order valence-electron chi connectivity index (χ4n) is 2.96. The first-order chi connectivity index (χ1) is 12.4. The molecule has 0 radical (unpaired) electrons. The van der Waals surface area contributed by atoms with Gasteiger partial charge in [-0.05, 0) is 49.4 Å². The standard InChI is InChI=1S/C18H22ClN3O3S/c1-3-14-10-20-18(21-11-14)25-15-6-5-9-22(12-15)26(23,24)17-8-4-7-16(19)13(17)2/h4,7-8,10-11,15H,3,5-6,9,12H2,1-2H3. The molecule has 0 spiro atoms. The van der Waals surface area contributed by atoms with Crippen molar-refractivity contribution in [1.82, 2.24) is 14.3 Å². The number of halogens is 1. The maximum atomic E-state index is 13.0. The third-order valence-corrected chi connectivity index (χ3v) is 6.96. The van der Waals surface area contributed by atoms with E-state index in [1.165, 1.54) is 4.31 Å². The van der Waals surface area contributed by atoms with Gasteiger partial charge in [-0.15, -0.1) is 0 Å². The Balaban J connectivity index is 1.75. The molecule has 1 fully saturated rings. The first kappa shape index (κ1) is 19.1. The third-order valence-electron chi connectivity index (χ3n) is 4.54. The first-order valence-corrected chi connectivity index (χ1v) is 10.5. The molecule has 2 heterocycles. The normalized spacial score (nSPS) is 18.7. The second-order valence-electron chi connectivity index (χ2n) is 6.34. The highest BCUT2D eigenvalue weighted by Crippen LogP contribution is 2.28. The Morgan fingerprint density at radius 3 is 2.73 bits per heavy atom. The lowest BCUT2D eigenvalue weighted by Gasteiger charge is -2.32. The zero-order valence-electron chi connectivity index (χ0n) is 14.9. The highest BCUT2D eigenvalue weighted by atomic mass is 35.5. The van der Waals surface area contributed by atoms with Gasteiger partial charge in [0, 0.05) is 24.0 Å². The maximum Gasteiger partial charge on any atom is 0.316 e. The predicted octanol–water partition coefficient (Wildman–Crippen LogP) is 3.23. The van der Waals surface area contributed by atoms with Crippen LogP contribution in [0.25, 0.3) is 0 Å². The van der Waals surface area contributed by atoms with Gasteiger partial charge >= 0.3 is 6.01 Å². The van der Waals surface area contributed by atoms with Gasteiger partial charge in [0.2, 0.25) is 10.0 Å². The molecule has 26 heavy (non-hydrogen) atoms. The number of ether oxygens (including phenoxy) is 1. The van der Waals surface area contributed by atoms with Crippen LogP contribution in [-0.2, 0) is 16.4 Å². The topological polar surface area (TPSA) is 72.4 Å². The van der Waals surface area contributed by atoms with Crippen LogP contribution in [0.4, 0.5) is 0 Å². The van der Waals surface area contributed by atoms with Gasteiger partial charge in [-0.25, -0.2) is 18.4 Å². The molecule has 8 heteroatoms. The van der Waals surface area contributed by atoms with Crippen molar-refractivity contribution in [3.63, 3.8) is 0 Å². The molecule has 1 aliphatic heterocycles. The summed E-state index contributed by atoms with van der Waals surface area (Å²) in [4.78, 5) is 8.64. The SMILES string of the molecule is CCc1cnc(OC2CCCN(S(=O)(=O)c3cccc(Cl)c3C)C2)nc1.